The second-order valence-electron chi connectivity index (χ2n) is 5.34. The summed E-state index contributed by atoms with van der Waals surface area (Å²) in [5, 5.41) is 19.9. The van der Waals surface area contributed by atoms with Gasteiger partial charge in [-0.05, 0) is 17.7 Å². The number of rotatable bonds is 4. The molecule has 7 heteroatoms. The second-order valence-corrected chi connectivity index (χ2v) is 5.75. The molecule has 5 nitrogen and oxygen atoms in total. The standard InChI is InChI=1S/C17H13ClFNO4/c18-12-8-10(6-7-13(12)19)16-17(23,11-4-2-1-3-5-11)20-14(24-16)9-15(21)22/h1-8,16,23H,9H2,(H,21,22). The van der Waals surface area contributed by atoms with Gasteiger partial charge < -0.3 is 14.9 Å². The van der Waals surface area contributed by atoms with E-state index in [1.807, 2.05) is 0 Å². The van der Waals surface area contributed by atoms with Gasteiger partial charge in [-0.25, -0.2) is 9.38 Å². The zero-order valence-corrected chi connectivity index (χ0v) is 13.1. The number of carbonyl (C=O) groups is 1. The van der Waals surface area contributed by atoms with Gasteiger partial charge in [0.25, 0.3) is 0 Å². The SMILES string of the molecule is O=C(O)CC1=NC(O)(c2ccccc2)C(c2ccc(F)c(Cl)c2)O1. The fourth-order valence-electron chi connectivity index (χ4n) is 2.58. The molecule has 0 saturated carbocycles. The Labute approximate surface area is 142 Å². The van der Waals surface area contributed by atoms with Crippen LogP contribution in [-0.2, 0) is 15.3 Å². The van der Waals surface area contributed by atoms with E-state index in [-0.39, 0.29) is 10.9 Å². The van der Waals surface area contributed by atoms with Crippen LogP contribution in [0.3, 0.4) is 0 Å². The molecule has 2 aromatic carbocycles. The normalized spacial score (nSPS) is 22.8. The molecule has 1 aliphatic heterocycles. The average Bonchev–Trinajstić information content (AvgIpc) is 2.88. The van der Waals surface area contributed by atoms with Gasteiger partial charge in [0.1, 0.15) is 12.2 Å². The first-order chi connectivity index (χ1) is 11.4. The summed E-state index contributed by atoms with van der Waals surface area (Å²) in [5.74, 6) is -1.85. The minimum Gasteiger partial charge on any atom is -0.481 e. The maximum atomic E-state index is 13.4. The minimum atomic E-state index is -1.83. The van der Waals surface area contributed by atoms with Crippen molar-refractivity contribution in [2.45, 2.75) is 18.2 Å². The van der Waals surface area contributed by atoms with Crippen LogP contribution in [0.2, 0.25) is 5.02 Å². The molecule has 0 aromatic heterocycles. The third kappa shape index (κ3) is 2.98. The van der Waals surface area contributed by atoms with E-state index in [0.29, 0.717) is 11.1 Å². The zero-order chi connectivity index (χ0) is 17.3. The molecule has 1 heterocycles. The van der Waals surface area contributed by atoms with Crippen molar-refractivity contribution in [1.82, 2.24) is 0 Å². The number of hydrogen-bond donors (Lipinski definition) is 2. The molecule has 3 rings (SSSR count). The number of carboxylic acid groups (broad SMARTS) is 1. The van der Waals surface area contributed by atoms with Gasteiger partial charge in [0.2, 0.25) is 5.72 Å². The number of ether oxygens (including phenoxy) is 1. The monoisotopic (exact) mass is 349 g/mol. The van der Waals surface area contributed by atoms with Gasteiger partial charge in [-0.3, -0.25) is 4.79 Å². The minimum absolute atomic E-state index is 0.112. The van der Waals surface area contributed by atoms with Gasteiger partial charge in [-0.1, -0.05) is 48.0 Å². The van der Waals surface area contributed by atoms with E-state index in [0.717, 1.165) is 6.07 Å². The summed E-state index contributed by atoms with van der Waals surface area (Å²) in [6.45, 7) is 0. The summed E-state index contributed by atoms with van der Waals surface area (Å²) < 4.78 is 19.0. The molecule has 2 atom stereocenters. The van der Waals surface area contributed by atoms with Crippen molar-refractivity contribution in [3.8, 4) is 0 Å². The van der Waals surface area contributed by atoms with E-state index in [4.69, 9.17) is 21.4 Å². The van der Waals surface area contributed by atoms with Crippen LogP contribution in [0.15, 0.2) is 53.5 Å². The molecule has 0 bridgehead atoms. The molecule has 2 N–H and O–H groups in total. The lowest BCUT2D eigenvalue weighted by Gasteiger charge is -2.27. The Morgan fingerprint density at radius 2 is 2.00 bits per heavy atom. The average molecular weight is 350 g/mol. The summed E-state index contributed by atoms with van der Waals surface area (Å²) in [5.41, 5.74) is -1.01. The lowest BCUT2D eigenvalue weighted by atomic mass is 9.93. The third-order valence-corrected chi connectivity index (χ3v) is 3.95. The number of carboxylic acids is 1. The fraction of sp³-hybridized carbons (Fsp3) is 0.176. The number of hydrogen-bond acceptors (Lipinski definition) is 4. The molecule has 0 saturated heterocycles. The summed E-state index contributed by atoms with van der Waals surface area (Å²) in [7, 11) is 0. The van der Waals surface area contributed by atoms with E-state index in [1.54, 1.807) is 30.3 Å². The lowest BCUT2D eigenvalue weighted by molar-refractivity contribution is -0.135. The number of benzene rings is 2. The number of halogens is 2. The topological polar surface area (TPSA) is 79.1 Å². The largest absolute Gasteiger partial charge is 0.481 e. The van der Waals surface area contributed by atoms with E-state index < -0.39 is 30.0 Å². The molecule has 0 radical (unpaired) electrons. The van der Waals surface area contributed by atoms with E-state index >= 15 is 0 Å². The van der Waals surface area contributed by atoms with Gasteiger partial charge in [0.15, 0.2) is 12.0 Å². The second kappa shape index (κ2) is 6.22. The summed E-state index contributed by atoms with van der Waals surface area (Å²) >= 11 is 5.81. The first-order valence-corrected chi connectivity index (χ1v) is 7.48. The molecular formula is C17H13ClFNO4. The van der Waals surface area contributed by atoms with Gasteiger partial charge >= 0.3 is 5.97 Å². The smallest absolute Gasteiger partial charge is 0.312 e. The van der Waals surface area contributed by atoms with Crippen LogP contribution in [0.5, 0.6) is 0 Å². The molecule has 124 valence electrons. The number of nitrogens with zero attached hydrogens (tertiary/aromatic N) is 1. The van der Waals surface area contributed by atoms with E-state index in [1.165, 1.54) is 12.1 Å². The Kier molecular flexibility index (Phi) is 4.26. The molecule has 2 aromatic rings. The van der Waals surface area contributed by atoms with Gasteiger partial charge in [0.05, 0.1) is 5.02 Å². The van der Waals surface area contributed by atoms with Crippen LogP contribution >= 0.6 is 11.6 Å². The first-order valence-electron chi connectivity index (χ1n) is 7.10. The van der Waals surface area contributed by atoms with Crippen LogP contribution in [0, 0.1) is 5.82 Å². The molecular weight excluding hydrogens is 337 g/mol. The van der Waals surface area contributed by atoms with Gasteiger partial charge in [-0.2, -0.15) is 0 Å². The Hall–Kier alpha value is -2.44. The van der Waals surface area contributed by atoms with E-state index in [9.17, 15) is 14.3 Å². The van der Waals surface area contributed by atoms with Crippen LogP contribution in [0.4, 0.5) is 4.39 Å². The lowest BCUT2D eigenvalue weighted by Crippen LogP contribution is -2.28. The van der Waals surface area contributed by atoms with Crippen LogP contribution < -0.4 is 0 Å². The molecule has 0 amide bonds. The van der Waals surface area contributed by atoms with E-state index in [2.05, 4.69) is 4.99 Å². The molecule has 2 unspecified atom stereocenters. The molecule has 0 aliphatic carbocycles. The van der Waals surface area contributed by atoms with Gasteiger partial charge in [-0.15, -0.1) is 0 Å². The Morgan fingerprint density at radius 1 is 1.29 bits per heavy atom. The highest BCUT2D eigenvalue weighted by Crippen LogP contribution is 2.44. The zero-order valence-electron chi connectivity index (χ0n) is 12.3. The highest BCUT2D eigenvalue weighted by molar-refractivity contribution is 6.30. The fourth-order valence-corrected chi connectivity index (χ4v) is 2.77. The molecule has 1 aliphatic rings. The predicted molar refractivity (Wildman–Crippen MR) is 85.3 cm³/mol. The third-order valence-electron chi connectivity index (χ3n) is 3.66. The predicted octanol–water partition coefficient (Wildman–Crippen LogP) is 3.27. The highest BCUT2D eigenvalue weighted by atomic mass is 35.5. The van der Waals surface area contributed by atoms with Crippen molar-refractivity contribution in [3.05, 3.63) is 70.5 Å². The Morgan fingerprint density at radius 3 is 2.62 bits per heavy atom. The molecule has 0 spiro atoms. The number of aliphatic hydroxyl groups is 1. The molecule has 0 fully saturated rings. The summed E-state index contributed by atoms with van der Waals surface area (Å²) in [6.07, 6.45) is -1.51. The van der Waals surface area contributed by atoms with Crippen molar-refractivity contribution in [2.75, 3.05) is 0 Å². The highest BCUT2D eigenvalue weighted by Gasteiger charge is 2.47. The molecule has 24 heavy (non-hydrogen) atoms. The van der Waals surface area contributed by atoms with Crippen molar-refractivity contribution in [2.24, 2.45) is 4.99 Å². The van der Waals surface area contributed by atoms with Gasteiger partial charge in [0, 0.05) is 5.56 Å². The summed E-state index contributed by atoms with van der Waals surface area (Å²) in [6, 6.07) is 12.4. The van der Waals surface area contributed by atoms with Crippen molar-refractivity contribution >= 4 is 23.5 Å². The quantitative estimate of drug-likeness (QED) is 0.888. The number of aliphatic imine (C=N–C) groups is 1. The number of aliphatic carboxylic acids is 1. The Bertz CT molecular complexity index is 811. The summed E-state index contributed by atoms with van der Waals surface area (Å²) in [4.78, 5) is 15.0. The van der Waals surface area contributed by atoms with Crippen molar-refractivity contribution in [3.63, 3.8) is 0 Å². The van der Waals surface area contributed by atoms with Crippen LogP contribution in [0.25, 0.3) is 0 Å². The van der Waals surface area contributed by atoms with Crippen molar-refractivity contribution in [1.29, 1.82) is 0 Å². The van der Waals surface area contributed by atoms with Crippen LogP contribution in [0.1, 0.15) is 23.7 Å². The van der Waals surface area contributed by atoms with Crippen LogP contribution in [-0.4, -0.2) is 22.1 Å². The maximum absolute atomic E-state index is 13.4. The van der Waals surface area contributed by atoms with Crippen molar-refractivity contribution < 1.29 is 24.1 Å². The first kappa shape index (κ1) is 16.4. The maximum Gasteiger partial charge on any atom is 0.312 e. The Balaban J connectivity index is 2.06.